The molecule has 0 aromatic rings. The van der Waals surface area contributed by atoms with E-state index in [0.717, 1.165) is 11.5 Å². The van der Waals surface area contributed by atoms with Gasteiger partial charge in [0.15, 0.2) is 0 Å². The van der Waals surface area contributed by atoms with Crippen LogP contribution in [0.25, 0.3) is 0 Å². The van der Waals surface area contributed by atoms with Crippen LogP contribution in [0.5, 0.6) is 0 Å². The fourth-order valence-electron chi connectivity index (χ4n) is 2.40. The molecule has 0 saturated carbocycles. The topological polar surface area (TPSA) is 68.1 Å². The van der Waals surface area contributed by atoms with E-state index in [1.807, 2.05) is 6.92 Å². The van der Waals surface area contributed by atoms with Crippen molar-refractivity contribution < 1.29 is 19.5 Å². The molecule has 0 amide bonds. The second kappa shape index (κ2) is 8.89. The van der Waals surface area contributed by atoms with Gasteiger partial charge in [-0.3, -0.25) is 0 Å². The quantitative estimate of drug-likeness (QED) is 0.342. The smallest absolute Gasteiger partial charge is 0.344 e. The molecule has 128 valence electrons. The number of nitrogens with zero attached hydrogens (tertiary/aromatic N) is 1. The van der Waals surface area contributed by atoms with Crippen molar-refractivity contribution in [2.24, 2.45) is 5.16 Å². The van der Waals surface area contributed by atoms with Gasteiger partial charge in [-0.2, -0.15) is 23.5 Å². The summed E-state index contributed by atoms with van der Waals surface area (Å²) >= 11 is 8.91. The molecule has 1 saturated heterocycles. The maximum Gasteiger partial charge on any atom is 0.344 e. The second-order valence-corrected chi connectivity index (χ2v) is 7.69. The molecule has 0 unspecified atom stereocenters. The van der Waals surface area contributed by atoms with E-state index in [9.17, 15) is 9.90 Å². The van der Waals surface area contributed by atoms with Crippen molar-refractivity contribution in [2.75, 3.05) is 29.6 Å². The summed E-state index contributed by atoms with van der Waals surface area (Å²) in [6.45, 7) is 2.04. The lowest BCUT2D eigenvalue weighted by Crippen LogP contribution is -2.45. The predicted octanol–water partition coefficient (Wildman–Crippen LogP) is 3.50. The molecule has 0 aromatic heterocycles. The van der Waals surface area contributed by atoms with Crippen molar-refractivity contribution in [3.8, 4) is 0 Å². The maximum atomic E-state index is 12.4. The van der Waals surface area contributed by atoms with Crippen LogP contribution in [-0.2, 0) is 14.4 Å². The van der Waals surface area contributed by atoms with Crippen molar-refractivity contribution in [3.63, 3.8) is 0 Å². The van der Waals surface area contributed by atoms with Crippen LogP contribution in [0.4, 0.5) is 0 Å². The van der Waals surface area contributed by atoms with Gasteiger partial charge < -0.3 is 14.7 Å². The van der Waals surface area contributed by atoms with E-state index in [0.29, 0.717) is 30.1 Å². The van der Waals surface area contributed by atoms with Gasteiger partial charge in [0.05, 0.1) is 5.71 Å². The van der Waals surface area contributed by atoms with Gasteiger partial charge in [0.1, 0.15) is 23.5 Å². The van der Waals surface area contributed by atoms with Gasteiger partial charge in [-0.05, 0) is 12.5 Å². The van der Waals surface area contributed by atoms with Crippen molar-refractivity contribution >= 4 is 46.8 Å². The molecule has 0 radical (unpaired) electrons. The van der Waals surface area contributed by atoms with Gasteiger partial charge in [0.2, 0.25) is 0 Å². The molecular formula is C15H20ClNO4S2. The monoisotopic (exact) mass is 377 g/mol. The van der Waals surface area contributed by atoms with E-state index in [2.05, 4.69) is 5.16 Å². The standard InChI is InChI=1S/C15H20ClNO4S2/c1-2-11(17-20-5-3-4-16)13-12(18)8-15(21-14(13)19)9-22-6-7-23-10-15/h3-4,18H,2,5-10H2,1H3. The highest BCUT2D eigenvalue weighted by Gasteiger charge is 2.43. The lowest BCUT2D eigenvalue weighted by Gasteiger charge is -2.35. The van der Waals surface area contributed by atoms with Crippen molar-refractivity contribution in [3.05, 3.63) is 22.9 Å². The third-order valence-electron chi connectivity index (χ3n) is 3.45. The number of aliphatic hydroxyl groups excluding tert-OH is 1. The molecule has 2 rings (SSSR count). The van der Waals surface area contributed by atoms with E-state index in [1.54, 1.807) is 29.6 Å². The third-order valence-corrected chi connectivity index (χ3v) is 6.33. The van der Waals surface area contributed by atoms with Crippen LogP contribution in [0.3, 0.4) is 0 Å². The average molecular weight is 378 g/mol. The first kappa shape index (κ1) is 18.5. The van der Waals surface area contributed by atoms with Gasteiger partial charge in [-0.1, -0.05) is 23.7 Å². The minimum atomic E-state index is -0.614. The molecule has 1 N–H and O–H groups in total. The zero-order valence-corrected chi connectivity index (χ0v) is 15.3. The maximum absolute atomic E-state index is 12.4. The van der Waals surface area contributed by atoms with Crippen molar-refractivity contribution in [2.45, 2.75) is 25.4 Å². The third kappa shape index (κ3) is 4.84. The van der Waals surface area contributed by atoms with Crippen LogP contribution in [0, 0.1) is 0 Å². The normalized spacial score (nSPS) is 22.3. The highest BCUT2D eigenvalue weighted by Crippen LogP contribution is 2.37. The summed E-state index contributed by atoms with van der Waals surface area (Å²) in [6, 6.07) is 0. The van der Waals surface area contributed by atoms with E-state index < -0.39 is 11.6 Å². The van der Waals surface area contributed by atoms with Crippen LogP contribution in [0.2, 0.25) is 0 Å². The van der Waals surface area contributed by atoms with Crippen LogP contribution in [-0.4, -0.2) is 52.0 Å². The molecule has 2 aliphatic rings. The van der Waals surface area contributed by atoms with Crippen molar-refractivity contribution in [1.82, 2.24) is 0 Å². The van der Waals surface area contributed by atoms with Crippen LogP contribution in [0.15, 0.2) is 28.1 Å². The van der Waals surface area contributed by atoms with E-state index >= 15 is 0 Å². The van der Waals surface area contributed by atoms with E-state index in [4.69, 9.17) is 21.2 Å². The number of aliphatic hydroxyl groups is 1. The number of rotatable bonds is 5. The van der Waals surface area contributed by atoms with Gasteiger partial charge in [-0.15, -0.1) is 0 Å². The first-order chi connectivity index (χ1) is 11.1. The average Bonchev–Trinajstić information content (AvgIpc) is 2.74. The highest BCUT2D eigenvalue weighted by atomic mass is 35.5. The van der Waals surface area contributed by atoms with Crippen molar-refractivity contribution in [1.29, 1.82) is 0 Å². The molecule has 0 atom stereocenters. The number of thioether (sulfide) groups is 2. The number of carbonyl (C=O) groups is 1. The van der Waals surface area contributed by atoms with Crippen LogP contribution >= 0.6 is 35.1 Å². The molecule has 2 heterocycles. The lowest BCUT2D eigenvalue weighted by atomic mass is 9.94. The summed E-state index contributed by atoms with van der Waals surface area (Å²) in [5.74, 6) is 3.00. The number of halogens is 1. The molecule has 1 spiro atoms. The predicted molar refractivity (Wildman–Crippen MR) is 96.4 cm³/mol. The molecule has 8 heteroatoms. The number of esters is 1. The van der Waals surface area contributed by atoms with Gasteiger partial charge in [0, 0.05) is 35.0 Å². The summed E-state index contributed by atoms with van der Waals surface area (Å²) in [6.07, 6.45) is 2.37. The zero-order valence-electron chi connectivity index (χ0n) is 12.9. The summed E-state index contributed by atoms with van der Waals surface area (Å²) in [5.41, 5.74) is 1.24. The molecule has 0 bridgehead atoms. The Morgan fingerprint density at radius 3 is 2.74 bits per heavy atom. The Hall–Kier alpha value is -0.790. The number of ether oxygens (including phenoxy) is 1. The summed E-state index contributed by atoms with van der Waals surface area (Å²) in [7, 11) is 0. The zero-order chi connectivity index (χ0) is 16.7. The van der Waals surface area contributed by atoms with E-state index in [1.165, 1.54) is 5.54 Å². The highest BCUT2D eigenvalue weighted by molar-refractivity contribution is 8.03. The van der Waals surface area contributed by atoms with Gasteiger partial charge in [0.25, 0.3) is 0 Å². The Labute approximate surface area is 149 Å². The summed E-state index contributed by atoms with van der Waals surface area (Å²) in [5, 5.41) is 14.4. The molecule has 5 nitrogen and oxygen atoms in total. The number of hydrogen-bond acceptors (Lipinski definition) is 7. The first-order valence-corrected chi connectivity index (χ1v) is 10.1. The Bertz CT molecular complexity index is 526. The van der Waals surface area contributed by atoms with Crippen LogP contribution in [0.1, 0.15) is 19.8 Å². The lowest BCUT2D eigenvalue weighted by molar-refractivity contribution is -0.152. The van der Waals surface area contributed by atoms with E-state index in [-0.39, 0.29) is 17.9 Å². The van der Waals surface area contributed by atoms with Gasteiger partial charge >= 0.3 is 5.97 Å². The molecular weight excluding hydrogens is 358 g/mol. The molecule has 1 fully saturated rings. The Morgan fingerprint density at radius 1 is 1.48 bits per heavy atom. The fraction of sp³-hybridized carbons (Fsp3) is 0.600. The summed E-state index contributed by atoms with van der Waals surface area (Å²) in [4.78, 5) is 17.5. The molecule has 0 aromatic carbocycles. The first-order valence-electron chi connectivity index (χ1n) is 7.37. The molecule has 23 heavy (non-hydrogen) atoms. The largest absolute Gasteiger partial charge is 0.511 e. The number of carbonyl (C=O) groups excluding carboxylic acids is 1. The molecule has 0 aliphatic carbocycles. The Morgan fingerprint density at radius 2 is 2.17 bits per heavy atom. The van der Waals surface area contributed by atoms with Crippen LogP contribution < -0.4 is 0 Å². The minimum Gasteiger partial charge on any atom is -0.511 e. The minimum absolute atomic E-state index is 0.0430. The fourth-order valence-corrected chi connectivity index (χ4v) is 5.10. The Kier molecular flexibility index (Phi) is 7.17. The number of oxime groups is 1. The second-order valence-electron chi connectivity index (χ2n) is 5.23. The SMILES string of the molecule is CCC(=NOCC=CCl)C1=C(O)CC2(CSCCSC2)OC1=O. The molecule has 2 aliphatic heterocycles. The summed E-state index contributed by atoms with van der Waals surface area (Å²) < 4.78 is 5.72. The van der Waals surface area contributed by atoms with Gasteiger partial charge in [-0.25, -0.2) is 4.79 Å². The Balaban J connectivity index is 2.18. The number of hydrogen-bond donors (Lipinski definition) is 1.